The molecule has 176 valence electrons. The Labute approximate surface area is 196 Å². The summed E-state index contributed by atoms with van der Waals surface area (Å²) in [6, 6.07) is 4.29. The number of hydrogen-bond acceptors (Lipinski definition) is 3. The first-order chi connectivity index (χ1) is 15.3. The van der Waals surface area contributed by atoms with Gasteiger partial charge < -0.3 is 10.2 Å². The van der Waals surface area contributed by atoms with E-state index in [0.717, 1.165) is 49.3 Å². The van der Waals surface area contributed by atoms with E-state index >= 15 is 0 Å². The van der Waals surface area contributed by atoms with Crippen LogP contribution in [0.15, 0.2) is 17.9 Å². The molecule has 4 aliphatic rings. The Morgan fingerprint density at radius 3 is 2.36 bits per heavy atom. The Morgan fingerprint density at radius 1 is 1.03 bits per heavy atom. The van der Waals surface area contributed by atoms with Gasteiger partial charge in [-0.2, -0.15) is 0 Å². The standard InChI is InChI=1S/C29H36O4/c1-16-14-29(6)22-15-27(4,25(32)33)10-9-26(22,3)11-12-28(29,5)20-8-7-18-17(2)24(31)21(30)13-19(18)23(16)20/h7-8,13,22,31H,9-12,14-15H2,1-6H3,(H,32,33)/t22-,26-,27-,28?,29+/m1/s1. The molecule has 4 nitrogen and oxygen atoms in total. The lowest BCUT2D eigenvalue weighted by atomic mass is 9.38. The molecule has 0 bridgehead atoms. The van der Waals surface area contributed by atoms with Crippen LogP contribution in [0.5, 0.6) is 0 Å². The second-order valence-corrected chi connectivity index (χ2v) is 12.4. The van der Waals surface area contributed by atoms with Crippen LogP contribution < -0.4 is 10.4 Å². The first-order valence-corrected chi connectivity index (χ1v) is 12.3. The molecule has 0 aromatic heterocycles. The normalized spacial score (nSPS) is 39.8. The summed E-state index contributed by atoms with van der Waals surface area (Å²) in [5.74, 6) is -0.827. The fourth-order valence-electron chi connectivity index (χ4n) is 8.16. The largest absolute Gasteiger partial charge is 0.504 e. The number of benzene rings is 1. The monoisotopic (exact) mass is 448 g/mol. The molecule has 4 aliphatic carbocycles. The smallest absolute Gasteiger partial charge is 0.309 e. The minimum Gasteiger partial charge on any atom is -0.504 e. The van der Waals surface area contributed by atoms with E-state index in [1.807, 2.05) is 13.8 Å². The molecule has 2 fully saturated rings. The third-order valence-electron chi connectivity index (χ3n) is 10.7. The van der Waals surface area contributed by atoms with Crippen LogP contribution in [0.3, 0.4) is 0 Å². The van der Waals surface area contributed by atoms with E-state index in [1.54, 1.807) is 6.08 Å². The van der Waals surface area contributed by atoms with Crippen molar-refractivity contribution in [3.05, 3.63) is 39.5 Å². The number of allylic oxidation sites excluding steroid dienone is 2. The van der Waals surface area contributed by atoms with Crippen LogP contribution in [0.1, 0.15) is 91.2 Å². The highest BCUT2D eigenvalue weighted by molar-refractivity contribution is 6.20. The number of carboxylic acids is 1. The lowest BCUT2D eigenvalue weighted by Crippen LogP contribution is -2.63. The molecule has 1 aromatic carbocycles. The van der Waals surface area contributed by atoms with Crippen LogP contribution in [0.2, 0.25) is 0 Å². The van der Waals surface area contributed by atoms with Gasteiger partial charge in [0.25, 0.3) is 0 Å². The third-order valence-corrected chi connectivity index (χ3v) is 10.7. The van der Waals surface area contributed by atoms with E-state index in [1.165, 1.54) is 16.4 Å². The Bertz CT molecular complexity index is 1270. The maximum absolute atomic E-state index is 12.5. The third kappa shape index (κ3) is 2.70. The summed E-state index contributed by atoms with van der Waals surface area (Å²) in [4.78, 5) is 24.8. The van der Waals surface area contributed by atoms with Crippen molar-refractivity contribution in [2.24, 2.45) is 22.2 Å². The molecule has 0 amide bonds. The quantitative estimate of drug-likeness (QED) is 0.643. The summed E-state index contributed by atoms with van der Waals surface area (Å²) in [6.07, 6.45) is 7.11. The lowest BCUT2D eigenvalue weighted by molar-refractivity contribution is -0.165. The van der Waals surface area contributed by atoms with Crippen molar-refractivity contribution in [2.45, 2.75) is 85.5 Å². The minimum absolute atomic E-state index is 0.0614. The molecule has 0 heterocycles. The van der Waals surface area contributed by atoms with Crippen molar-refractivity contribution in [1.29, 1.82) is 0 Å². The Hall–Kier alpha value is -2.36. The zero-order chi connectivity index (χ0) is 24.1. The molecule has 2 N–H and O–H groups in total. The molecule has 0 spiro atoms. The molecule has 0 aliphatic heterocycles. The predicted molar refractivity (Wildman–Crippen MR) is 130 cm³/mol. The van der Waals surface area contributed by atoms with E-state index in [2.05, 4.69) is 39.8 Å². The SMILES string of the molecule is CC1=C(O)C(=O)C=c2c1ccc1c2=C(C)C[C@@]2(C)[C@@H]3C[C@](C)(C(=O)O)CC[C@]3(C)CCC12C. The number of rotatable bonds is 1. The highest BCUT2D eigenvalue weighted by Crippen LogP contribution is 2.69. The van der Waals surface area contributed by atoms with Crippen molar-refractivity contribution in [3.8, 4) is 0 Å². The van der Waals surface area contributed by atoms with E-state index < -0.39 is 11.4 Å². The van der Waals surface area contributed by atoms with Gasteiger partial charge in [0.15, 0.2) is 5.76 Å². The topological polar surface area (TPSA) is 74.6 Å². The number of ketones is 1. The van der Waals surface area contributed by atoms with Gasteiger partial charge in [-0.25, -0.2) is 0 Å². The van der Waals surface area contributed by atoms with Crippen molar-refractivity contribution >= 4 is 29.0 Å². The van der Waals surface area contributed by atoms with E-state index in [4.69, 9.17) is 0 Å². The van der Waals surface area contributed by atoms with Crippen LogP contribution in [0.25, 0.3) is 17.2 Å². The second-order valence-electron chi connectivity index (χ2n) is 12.4. The molecule has 33 heavy (non-hydrogen) atoms. The molecule has 2 saturated carbocycles. The summed E-state index contributed by atoms with van der Waals surface area (Å²) in [5.41, 5.74) is 3.46. The van der Waals surface area contributed by atoms with Crippen molar-refractivity contribution in [3.63, 3.8) is 0 Å². The fourth-order valence-corrected chi connectivity index (χ4v) is 8.16. The number of carbonyl (C=O) groups excluding carboxylic acids is 1. The van der Waals surface area contributed by atoms with Crippen LogP contribution >= 0.6 is 0 Å². The van der Waals surface area contributed by atoms with E-state index in [0.29, 0.717) is 11.5 Å². The molecule has 0 saturated heterocycles. The number of Topliss-reactive ketones (excluding diaryl/α,β-unsaturated/α-hetero) is 1. The van der Waals surface area contributed by atoms with Crippen LogP contribution in [0.4, 0.5) is 0 Å². The maximum atomic E-state index is 12.5. The Balaban J connectivity index is 1.75. The first-order valence-electron chi connectivity index (χ1n) is 12.3. The number of aliphatic hydroxyl groups is 1. The van der Waals surface area contributed by atoms with Gasteiger partial charge in [-0.05, 0) is 109 Å². The van der Waals surface area contributed by atoms with Crippen molar-refractivity contribution in [1.82, 2.24) is 0 Å². The Kier molecular flexibility index (Phi) is 4.49. The molecule has 1 aromatic rings. The van der Waals surface area contributed by atoms with Crippen LogP contribution in [-0.2, 0) is 15.0 Å². The summed E-state index contributed by atoms with van der Waals surface area (Å²) < 4.78 is 0. The van der Waals surface area contributed by atoms with Crippen molar-refractivity contribution in [2.75, 3.05) is 0 Å². The molecule has 5 rings (SSSR count). The number of aliphatic hydroxyl groups excluding tert-OH is 1. The molecular weight excluding hydrogens is 412 g/mol. The van der Waals surface area contributed by atoms with Gasteiger partial charge in [0, 0.05) is 5.57 Å². The summed E-state index contributed by atoms with van der Waals surface area (Å²) in [6.45, 7) is 13.1. The maximum Gasteiger partial charge on any atom is 0.309 e. The number of hydrogen-bond donors (Lipinski definition) is 2. The predicted octanol–water partition coefficient (Wildman–Crippen LogP) is 4.87. The van der Waals surface area contributed by atoms with E-state index in [-0.39, 0.29) is 27.8 Å². The van der Waals surface area contributed by atoms with Crippen LogP contribution in [-0.4, -0.2) is 22.0 Å². The van der Waals surface area contributed by atoms with Gasteiger partial charge >= 0.3 is 5.97 Å². The number of carboxylic acid groups (broad SMARTS) is 1. The van der Waals surface area contributed by atoms with Gasteiger partial charge in [0.05, 0.1) is 5.41 Å². The molecule has 1 unspecified atom stereocenters. The average Bonchev–Trinajstić information content (AvgIpc) is 2.75. The van der Waals surface area contributed by atoms with Gasteiger partial charge in [0.2, 0.25) is 5.78 Å². The second kappa shape index (κ2) is 6.61. The molecular formula is C29H36O4. The highest BCUT2D eigenvalue weighted by Gasteiger charge is 2.63. The van der Waals surface area contributed by atoms with Gasteiger partial charge in [-0.3, -0.25) is 9.59 Å². The van der Waals surface area contributed by atoms with E-state index in [9.17, 15) is 19.8 Å². The van der Waals surface area contributed by atoms with Crippen LogP contribution in [0, 0.1) is 22.2 Å². The first kappa shape index (κ1) is 22.4. The number of fused-ring (bicyclic) bond motifs is 7. The molecule has 5 atom stereocenters. The Morgan fingerprint density at radius 2 is 1.70 bits per heavy atom. The average molecular weight is 449 g/mol. The van der Waals surface area contributed by atoms with Gasteiger partial charge in [0.1, 0.15) is 0 Å². The molecule has 0 radical (unpaired) electrons. The fraction of sp³-hybridized carbons (Fsp3) is 0.586. The van der Waals surface area contributed by atoms with Gasteiger partial charge in [-0.1, -0.05) is 38.5 Å². The van der Waals surface area contributed by atoms with Crippen molar-refractivity contribution < 1.29 is 19.8 Å². The summed E-state index contributed by atoms with van der Waals surface area (Å²) in [7, 11) is 0. The minimum atomic E-state index is -0.672. The zero-order valence-electron chi connectivity index (χ0n) is 20.8. The molecule has 4 heteroatoms. The highest BCUT2D eigenvalue weighted by atomic mass is 16.4. The number of carbonyl (C=O) groups is 2. The van der Waals surface area contributed by atoms with Gasteiger partial charge in [-0.15, -0.1) is 0 Å². The zero-order valence-corrected chi connectivity index (χ0v) is 20.8. The number of aliphatic carboxylic acids is 1. The lowest BCUT2D eigenvalue weighted by Gasteiger charge is -2.66. The summed E-state index contributed by atoms with van der Waals surface area (Å²) in [5, 5.41) is 22.4. The summed E-state index contributed by atoms with van der Waals surface area (Å²) >= 11 is 0.